The lowest BCUT2D eigenvalue weighted by atomic mass is 10.2. The minimum absolute atomic E-state index is 0.101. The number of aromatic nitrogens is 3. The predicted molar refractivity (Wildman–Crippen MR) is 110 cm³/mol. The van der Waals surface area contributed by atoms with Gasteiger partial charge < -0.3 is 19.4 Å². The van der Waals surface area contributed by atoms with Crippen molar-refractivity contribution < 1.29 is 18.7 Å². The first-order valence-electron chi connectivity index (χ1n) is 8.42. The SMILES string of the molecule is COc1cc(NC(=O)CSc2nnc(-c3ccc(F)cc3)n2C)c(OC)cc1Cl. The maximum Gasteiger partial charge on any atom is 0.234 e. The molecule has 0 unspecified atom stereocenters. The first kappa shape index (κ1) is 20.9. The molecule has 0 radical (unpaired) electrons. The molecule has 0 aliphatic heterocycles. The van der Waals surface area contributed by atoms with E-state index in [1.165, 1.54) is 38.1 Å². The fourth-order valence-electron chi connectivity index (χ4n) is 2.57. The molecule has 0 bridgehead atoms. The second-order valence-corrected chi connectivity index (χ2v) is 7.25. The zero-order chi connectivity index (χ0) is 21.0. The van der Waals surface area contributed by atoms with Crippen molar-refractivity contribution in [3.8, 4) is 22.9 Å². The van der Waals surface area contributed by atoms with Crippen molar-refractivity contribution in [2.24, 2.45) is 7.05 Å². The van der Waals surface area contributed by atoms with Gasteiger partial charge in [0, 0.05) is 24.7 Å². The predicted octanol–water partition coefficient (Wildman–Crippen LogP) is 4.02. The monoisotopic (exact) mass is 436 g/mol. The van der Waals surface area contributed by atoms with Crippen LogP contribution in [0, 0.1) is 5.82 Å². The number of nitrogens with one attached hydrogen (secondary N) is 1. The van der Waals surface area contributed by atoms with Gasteiger partial charge in [0.1, 0.15) is 17.3 Å². The highest BCUT2D eigenvalue weighted by Gasteiger charge is 2.15. The number of hydrogen-bond acceptors (Lipinski definition) is 6. The molecule has 0 aliphatic rings. The fraction of sp³-hybridized carbons (Fsp3) is 0.211. The average Bonchev–Trinajstić information content (AvgIpc) is 3.08. The zero-order valence-electron chi connectivity index (χ0n) is 15.9. The summed E-state index contributed by atoms with van der Waals surface area (Å²) in [6.45, 7) is 0. The molecule has 10 heteroatoms. The number of ether oxygens (including phenoxy) is 2. The third-order valence-corrected chi connectivity index (χ3v) is 5.33. The number of hydrogen-bond donors (Lipinski definition) is 1. The molecule has 7 nitrogen and oxygen atoms in total. The number of benzene rings is 2. The number of nitrogens with zero attached hydrogens (tertiary/aromatic N) is 3. The van der Waals surface area contributed by atoms with Crippen LogP contribution in [0.2, 0.25) is 5.02 Å². The number of amides is 1. The molecule has 29 heavy (non-hydrogen) atoms. The maximum atomic E-state index is 13.1. The molecule has 0 atom stereocenters. The van der Waals surface area contributed by atoms with Crippen LogP contribution in [0.25, 0.3) is 11.4 Å². The Bertz CT molecular complexity index is 1030. The van der Waals surface area contributed by atoms with Gasteiger partial charge in [0.2, 0.25) is 5.91 Å². The van der Waals surface area contributed by atoms with Crippen LogP contribution in [0.15, 0.2) is 41.6 Å². The molecule has 152 valence electrons. The highest BCUT2D eigenvalue weighted by molar-refractivity contribution is 7.99. The second kappa shape index (κ2) is 9.15. The number of thioether (sulfide) groups is 1. The summed E-state index contributed by atoms with van der Waals surface area (Å²) < 4.78 is 25.3. The van der Waals surface area contributed by atoms with Gasteiger partial charge in [0.15, 0.2) is 11.0 Å². The number of methoxy groups -OCH3 is 2. The third kappa shape index (κ3) is 4.80. The Morgan fingerprint density at radius 3 is 2.52 bits per heavy atom. The molecular weight excluding hydrogens is 419 g/mol. The Morgan fingerprint density at radius 2 is 1.86 bits per heavy atom. The highest BCUT2D eigenvalue weighted by Crippen LogP contribution is 2.36. The van der Waals surface area contributed by atoms with E-state index in [-0.39, 0.29) is 17.5 Å². The Kier molecular flexibility index (Phi) is 6.60. The van der Waals surface area contributed by atoms with Gasteiger partial charge in [0.05, 0.1) is 30.7 Å². The molecule has 1 aromatic heterocycles. The molecule has 3 aromatic rings. The summed E-state index contributed by atoms with van der Waals surface area (Å²) in [5, 5.41) is 11.9. The summed E-state index contributed by atoms with van der Waals surface area (Å²) in [5.74, 6) is 0.945. The van der Waals surface area contributed by atoms with Gasteiger partial charge in [-0.3, -0.25) is 4.79 Å². The van der Waals surface area contributed by atoms with Crippen molar-refractivity contribution >= 4 is 35.0 Å². The van der Waals surface area contributed by atoms with Crippen molar-refractivity contribution in [3.63, 3.8) is 0 Å². The quantitative estimate of drug-likeness (QED) is 0.563. The third-order valence-electron chi connectivity index (χ3n) is 4.02. The normalized spacial score (nSPS) is 10.7. The van der Waals surface area contributed by atoms with Gasteiger partial charge in [-0.05, 0) is 24.3 Å². The van der Waals surface area contributed by atoms with E-state index in [1.54, 1.807) is 35.9 Å². The van der Waals surface area contributed by atoms with Crippen LogP contribution >= 0.6 is 23.4 Å². The van der Waals surface area contributed by atoms with Crippen molar-refractivity contribution in [1.82, 2.24) is 14.8 Å². The van der Waals surface area contributed by atoms with Crippen LogP contribution in [0.1, 0.15) is 0 Å². The lowest BCUT2D eigenvalue weighted by Gasteiger charge is -2.13. The first-order valence-corrected chi connectivity index (χ1v) is 9.78. The molecule has 0 saturated carbocycles. The van der Waals surface area contributed by atoms with Crippen LogP contribution < -0.4 is 14.8 Å². The molecule has 3 rings (SSSR count). The van der Waals surface area contributed by atoms with Gasteiger partial charge in [-0.2, -0.15) is 0 Å². The summed E-state index contributed by atoms with van der Waals surface area (Å²) in [5.41, 5.74) is 1.18. The molecule has 0 aliphatic carbocycles. The molecule has 2 aromatic carbocycles. The smallest absolute Gasteiger partial charge is 0.234 e. The van der Waals surface area contributed by atoms with Gasteiger partial charge in [-0.15, -0.1) is 10.2 Å². The standard InChI is InChI=1S/C19H18ClFN4O3S/c1-25-18(11-4-6-12(21)7-5-11)23-24-19(25)29-10-17(26)22-14-9-15(27-2)13(20)8-16(14)28-3/h4-9H,10H2,1-3H3,(H,22,26). The van der Waals surface area contributed by atoms with Crippen molar-refractivity contribution in [3.05, 3.63) is 47.2 Å². The van der Waals surface area contributed by atoms with E-state index < -0.39 is 0 Å². The summed E-state index contributed by atoms with van der Waals surface area (Å²) in [4.78, 5) is 12.4. The van der Waals surface area contributed by atoms with Crippen molar-refractivity contribution in [2.45, 2.75) is 5.16 Å². The first-order chi connectivity index (χ1) is 13.9. The van der Waals surface area contributed by atoms with Crippen LogP contribution in [0.3, 0.4) is 0 Å². The lowest BCUT2D eigenvalue weighted by Crippen LogP contribution is -2.15. The Hall–Kier alpha value is -2.78. The number of rotatable bonds is 7. The van der Waals surface area contributed by atoms with Gasteiger partial charge >= 0.3 is 0 Å². The Balaban J connectivity index is 1.68. The van der Waals surface area contributed by atoms with Gasteiger partial charge in [0.25, 0.3) is 0 Å². The van der Waals surface area contributed by atoms with Crippen LogP contribution in [-0.4, -0.2) is 40.6 Å². The number of carbonyl (C=O) groups excluding carboxylic acids is 1. The highest BCUT2D eigenvalue weighted by atomic mass is 35.5. The zero-order valence-corrected chi connectivity index (χ0v) is 17.5. The largest absolute Gasteiger partial charge is 0.495 e. The Labute approximate surface area is 176 Å². The van der Waals surface area contributed by atoms with Crippen molar-refractivity contribution in [1.29, 1.82) is 0 Å². The minimum atomic E-state index is -0.323. The molecular formula is C19H18ClFN4O3S. The van der Waals surface area contributed by atoms with Gasteiger partial charge in [-0.25, -0.2) is 4.39 Å². The van der Waals surface area contributed by atoms with E-state index in [4.69, 9.17) is 21.1 Å². The maximum absolute atomic E-state index is 13.1. The van der Waals surface area contributed by atoms with Crippen LogP contribution in [-0.2, 0) is 11.8 Å². The van der Waals surface area contributed by atoms with E-state index in [0.717, 1.165) is 5.56 Å². The van der Waals surface area contributed by atoms with E-state index in [0.29, 0.717) is 33.2 Å². The molecule has 0 fully saturated rings. The number of halogens is 2. The topological polar surface area (TPSA) is 78.3 Å². The lowest BCUT2D eigenvalue weighted by molar-refractivity contribution is -0.113. The summed E-state index contributed by atoms with van der Waals surface area (Å²) >= 11 is 7.30. The second-order valence-electron chi connectivity index (χ2n) is 5.90. The van der Waals surface area contributed by atoms with E-state index in [1.807, 2.05) is 0 Å². The number of carbonyl (C=O) groups is 1. The van der Waals surface area contributed by atoms with E-state index in [9.17, 15) is 9.18 Å². The summed E-state index contributed by atoms with van der Waals surface area (Å²) in [7, 11) is 4.76. The van der Waals surface area contributed by atoms with Crippen LogP contribution in [0.5, 0.6) is 11.5 Å². The Morgan fingerprint density at radius 1 is 1.17 bits per heavy atom. The number of anilines is 1. The van der Waals surface area contributed by atoms with Crippen LogP contribution in [0.4, 0.5) is 10.1 Å². The molecule has 0 saturated heterocycles. The summed E-state index contributed by atoms with van der Waals surface area (Å²) in [6.07, 6.45) is 0. The van der Waals surface area contributed by atoms with Crippen molar-refractivity contribution in [2.75, 3.05) is 25.3 Å². The molecule has 1 amide bonds. The molecule has 0 spiro atoms. The van der Waals surface area contributed by atoms with E-state index >= 15 is 0 Å². The molecule has 1 N–H and O–H groups in total. The fourth-order valence-corrected chi connectivity index (χ4v) is 3.51. The average molecular weight is 437 g/mol. The molecule has 1 heterocycles. The van der Waals surface area contributed by atoms with Gasteiger partial charge in [-0.1, -0.05) is 23.4 Å². The minimum Gasteiger partial charge on any atom is -0.495 e. The van der Waals surface area contributed by atoms with E-state index in [2.05, 4.69) is 15.5 Å². The summed E-state index contributed by atoms with van der Waals surface area (Å²) in [6, 6.07) is 9.14.